The number of fused-ring (bicyclic) bond motifs is 4. The molecule has 10 atom stereocenters. The summed E-state index contributed by atoms with van der Waals surface area (Å²) in [6.07, 6.45) is 9.51. The Labute approximate surface area is 127 Å². The first kappa shape index (κ1) is 11.3. The van der Waals surface area contributed by atoms with Gasteiger partial charge < -0.3 is 4.74 Å². The summed E-state index contributed by atoms with van der Waals surface area (Å²) in [5, 5.41) is 0. The predicted octanol–water partition coefficient (Wildman–Crippen LogP) is 3.90. The van der Waals surface area contributed by atoms with Crippen molar-refractivity contribution in [2.24, 2.45) is 59.2 Å². The first-order chi connectivity index (χ1) is 10.4. The second-order valence-electron chi connectivity index (χ2n) is 9.57. The number of hydrogen-bond acceptors (Lipinski definition) is 1. The minimum Gasteiger partial charge on any atom is -0.373 e. The predicted molar refractivity (Wildman–Crippen MR) is 80.4 cm³/mol. The van der Waals surface area contributed by atoms with Crippen molar-refractivity contribution < 1.29 is 4.74 Å². The number of hydrogen-bond donors (Lipinski definition) is 0. The van der Waals surface area contributed by atoms with Gasteiger partial charge in [-0.25, -0.2) is 0 Å². The van der Waals surface area contributed by atoms with Crippen molar-refractivity contribution >= 4 is 0 Å². The van der Waals surface area contributed by atoms with Crippen LogP contribution in [-0.4, -0.2) is 13.2 Å². The van der Waals surface area contributed by atoms with Gasteiger partial charge in [0.25, 0.3) is 0 Å². The minimum absolute atomic E-state index is 0.994. The Bertz CT molecular complexity index is 482. The third-order valence-electron chi connectivity index (χ3n) is 9.48. The molecule has 8 rings (SSSR count). The van der Waals surface area contributed by atoms with Crippen LogP contribution >= 0.6 is 0 Å². The van der Waals surface area contributed by atoms with Gasteiger partial charge in [-0.15, -0.1) is 0 Å². The average Bonchev–Trinajstić information content (AvgIpc) is 3.30. The molecule has 1 heteroatoms. The van der Waals surface area contributed by atoms with Crippen molar-refractivity contribution in [3.8, 4) is 0 Å². The van der Waals surface area contributed by atoms with E-state index in [4.69, 9.17) is 4.74 Å². The van der Waals surface area contributed by atoms with Gasteiger partial charge in [-0.3, -0.25) is 0 Å². The maximum atomic E-state index is 6.01. The second kappa shape index (κ2) is 3.45. The first-order valence-corrected chi connectivity index (χ1v) is 9.71. The molecule has 112 valence electrons. The molecule has 1 heterocycles. The maximum Gasteiger partial charge on any atom is 0.0687 e. The third-order valence-corrected chi connectivity index (χ3v) is 9.48. The van der Waals surface area contributed by atoms with Gasteiger partial charge >= 0.3 is 0 Å². The van der Waals surface area contributed by atoms with Crippen molar-refractivity contribution in [2.45, 2.75) is 38.5 Å². The highest BCUT2D eigenvalue weighted by Gasteiger charge is 2.69. The van der Waals surface area contributed by atoms with Crippen LogP contribution in [0.3, 0.4) is 0 Å². The van der Waals surface area contributed by atoms with Crippen LogP contribution in [-0.2, 0) is 4.74 Å². The largest absolute Gasteiger partial charge is 0.373 e. The molecule has 0 radical (unpaired) electrons. The van der Waals surface area contributed by atoms with Gasteiger partial charge in [0.15, 0.2) is 0 Å². The molecule has 0 saturated heterocycles. The first-order valence-electron chi connectivity index (χ1n) is 9.71. The van der Waals surface area contributed by atoms with Crippen molar-refractivity contribution in [1.82, 2.24) is 0 Å². The lowest BCUT2D eigenvalue weighted by Crippen LogP contribution is -2.55. The maximum absolute atomic E-state index is 6.01. The van der Waals surface area contributed by atoms with Gasteiger partial charge in [-0.2, -0.15) is 0 Å². The van der Waals surface area contributed by atoms with Crippen molar-refractivity contribution in [2.75, 3.05) is 13.2 Å². The molecule has 0 aromatic heterocycles. The Balaban J connectivity index is 1.46. The van der Waals surface area contributed by atoms with Crippen molar-refractivity contribution in [3.63, 3.8) is 0 Å². The van der Waals surface area contributed by atoms with Crippen molar-refractivity contribution in [1.29, 1.82) is 0 Å². The summed E-state index contributed by atoms with van der Waals surface area (Å²) >= 11 is 0. The Kier molecular flexibility index (Phi) is 1.85. The average molecular weight is 282 g/mol. The molecule has 21 heavy (non-hydrogen) atoms. The zero-order chi connectivity index (χ0) is 13.3. The Morgan fingerprint density at radius 3 is 1.33 bits per heavy atom. The normalized spacial score (nSPS) is 65.1. The molecule has 1 nitrogen and oxygen atoms in total. The van der Waals surface area contributed by atoms with Crippen LogP contribution in [0.1, 0.15) is 38.5 Å². The third kappa shape index (κ3) is 1.08. The molecule has 5 saturated carbocycles. The molecule has 0 aromatic carbocycles. The van der Waals surface area contributed by atoms with Gasteiger partial charge in [-0.05, 0) is 109 Å². The summed E-state index contributed by atoms with van der Waals surface area (Å²) in [4.78, 5) is 0. The topological polar surface area (TPSA) is 9.23 Å². The van der Waals surface area contributed by atoms with E-state index in [1.165, 1.54) is 0 Å². The lowest BCUT2D eigenvalue weighted by atomic mass is 9.44. The van der Waals surface area contributed by atoms with E-state index in [-0.39, 0.29) is 0 Å². The summed E-state index contributed by atoms with van der Waals surface area (Å²) in [6, 6.07) is 0. The molecule has 5 fully saturated rings. The van der Waals surface area contributed by atoms with Crippen LogP contribution in [0, 0.1) is 59.2 Å². The van der Waals surface area contributed by atoms with E-state index in [0.29, 0.717) is 0 Å². The molecule has 2 unspecified atom stereocenters. The lowest BCUT2D eigenvalue weighted by Gasteiger charge is -2.60. The Morgan fingerprint density at radius 1 is 0.571 bits per heavy atom. The molecular formula is C20H26O. The fourth-order valence-corrected chi connectivity index (χ4v) is 9.41. The van der Waals surface area contributed by atoms with Crippen LogP contribution < -0.4 is 0 Å². The Hall–Kier alpha value is -0.300. The van der Waals surface area contributed by atoms with E-state index < -0.39 is 0 Å². The number of ether oxygens (including phenoxy) is 1. The van der Waals surface area contributed by atoms with Crippen LogP contribution in [0.15, 0.2) is 11.1 Å². The molecule has 7 aliphatic carbocycles. The monoisotopic (exact) mass is 282 g/mol. The summed E-state index contributed by atoms with van der Waals surface area (Å²) in [5.74, 6) is 10.9. The van der Waals surface area contributed by atoms with E-state index in [2.05, 4.69) is 0 Å². The molecule has 8 aliphatic rings. The molecule has 0 amide bonds. The zero-order valence-corrected chi connectivity index (χ0v) is 12.8. The van der Waals surface area contributed by atoms with E-state index >= 15 is 0 Å². The fraction of sp³-hybridized carbons (Fsp3) is 0.900. The van der Waals surface area contributed by atoms with Gasteiger partial charge in [-0.1, -0.05) is 0 Å². The zero-order valence-electron chi connectivity index (χ0n) is 12.8. The van der Waals surface area contributed by atoms with Crippen LogP contribution in [0.5, 0.6) is 0 Å². The highest BCUT2D eigenvalue weighted by molar-refractivity contribution is 5.38. The smallest absolute Gasteiger partial charge is 0.0687 e. The molecule has 0 spiro atoms. The quantitative estimate of drug-likeness (QED) is 0.612. The van der Waals surface area contributed by atoms with E-state index in [1.54, 1.807) is 38.5 Å². The highest BCUT2D eigenvalue weighted by atomic mass is 16.5. The van der Waals surface area contributed by atoms with E-state index in [1.807, 2.05) is 11.1 Å². The van der Waals surface area contributed by atoms with Gasteiger partial charge in [0, 0.05) is 0 Å². The molecule has 0 N–H and O–H groups in total. The van der Waals surface area contributed by atoms with E-state index in [9.17, 15) is 0 Å². The fourth-order valence-electron chi connectivity index (χ4n) is 9.41. The molecule has 6 bridgehead atoms. The summed E-state index contributed by atoms with van der Waals surface area (Å²) < 4.78 is 6.01. The molecule has 1 aliphatic heterocycles. The molecular weight excluding hydrogens is 256 g/mol. The van der Waals surface area contributed by atoms with Crippen molar-refractivity contribution in [3.05, 3.63) is 11.1 Å². The van der Waals surface area contributed by atoms with Gasteiger partial charge in [0.2, 0.25) is 0 Å². The minimum atomic E-state index is 0.994. The summed E-state index contributed by atoms with van der Waals surface area (Å²) in [6.45, 7) is 2.05. The van der Waals surface area contributed by atoms with Crippen LogP contribution in [0.4, 0.5) is 0 Å². The van der Waals surface area contributed by atoms with Gasteiger partial charge in [0.05, 0.1) is 13.2 Å². The number of rotatable bonds is 0. The standard InChI is InChI=1S/C20H26O/c1-2-10-5-9(1)15-16(10)20-14-8-21-7-13(14)19(15)17-11-3-4-12(6-11)18(17)20/h9-12,15-20H,1-8H2/t9-,10+,11+,12-,15+,16-,17-,18+,19?,20?. The highest BCUT2D eigenvalue weighted by Crippen LogP contribution is 2.75. The molecule has 0 aromatic rings. The SMILES string of the molecule is C1OCC2=C1C1[C@@H]3[C@H]4CC[C@H](C4)[C@@H]3C2[C@@H]2[C@H]3CC[C@H](C3)[C@H]12. The summed E-state index contributed by atoms with van der Waals surface area (Å²) in [7, 11) is 0. The van der Waals surface area contributed by atoms with E-state index in [0.717, 1.165) is 72.4 Å². The lowest BCUT2D eigenvalue weighted by molar-refractivity contribution is -0.0592. The Morgan fingerprint density at radius 2 is 0.952 bits per heavy atom. The summed E-state index contributed by atoms with van der Waals surface area (Å²) in [5.41, 5.74) is 3.73. The van der Waals surface area contributed by atoms with Crippen LogP contribution in [0.25, 0.3) is 0 Å². The second-order valence-corrected chi connectivity index (χ2v) is 9.57. The van der Waals surface area contributed by atoms with Crippen LogP contribution in [0.2, 0.25) is 0 Å². The van der Waals surface area contributed by atoms with Gasteiger partial charge in [0.1, 0.15) is 0 Å².